The fourth-order valence-corrected chi connectivity index (χ4v) is 1.71. The van der Waals surface area contributed by atoms with E-state index in [1.165, 1.54) is 19.3 Å². The first-order chi connectivity index (χ1) is 6.72. The standard InChI is InChI=1S/C12H23NO/c1-4-9-13-10(2)5-7-12-8-6-11(3)14-12/h5,7,10-13H,4,6,8-9H2,1-3H3/b7-5+. The van der Waals surface area contributed by atoms with E-state index in [2.05, 4.69) is 38.2 Å². The molecule has 2 nitrogen and oxygen atoms in total. The minimum Gasteiger partial charge on any atom is -0.371 e. The van der Waals surface area contributed by atoms with Crippen LogP contribution in [0.15, 0.2) is 12.2 Å². The molecule has 3 unspecified atom stereocenters. The van der Waals surface area contributed by atoms with E-state index < -0.39 is 0 Å². The predicted molar refractivity (Wildman–Crippen MR) is 60.5 cm³/mol. The Morgan fingerprint density at radius 3 is 2.86 bits per heavy atom. The molecule has 0 aromatic rings. The number of rotatable bonds is 5. The summed E-state index contributed by atoms with van der Waals surface area (Å²) in [7, 11) is 0. The van der Waals surface area contributed by atoms with Gasteiger partial charge >= 0.3 is 0 Å². The highest BCUT2D eigenvalue weighted by Crippen LogP contribution is 2.19. The fourth-order valence-electron chi connectivity index (χ4n) is 1.71. The maximum absolute atomic E-state index is 5.70. The van der Waals surface area contributed by atoms with Gasteiger partial charge in [-0.3, -0.25) is 0 Å². The SMILES string of the molecule is CCCNC(C)/C=C/C1CCC(C)O1. The molecule has 1 heterocycles. The van der Waals surface area contributed by atoms with Gasteiger partial charge in [-0.15, -0.1) is 0 Å². The first-order valence-corrected chi connectivity index (χ1v) is 5.79. The third kappa shape index (κ3) is 4.25. The van der Waals surface area contributed by atoms with Gasteiger partial charge in [0.1, 0.15) is 0 Å². The Balaban J connectivity index is 2.18. The molecular formula is C12H23NO. The molecule has 0 amide bonds. The number of nitrogens with one attached hydrogen (secondary N) is 1. The van der Waals surface area contributed by atoms with Gasteiger partial charge in [0.15, 0.2) is 0 Å². The number of hydrogen-bond donors (Lipinski definition) is 1. The largest absolute Gasteiger partial charge is 0.371 e. The van der Waals surface area contributed by atoms with Crippen molar-refractivity contribution in [1.82, 2.24) is 5.32 Å². The second kappa shape index (κ2) is 6.20. The zero-order valence-electron chi connectivity index (χ0n) is 9.62. The van der Waals surface area contributed by atoms with E-state index in [4.69, 9.17) is 4.74 Å². The molecule has 0 spiro atoms. The minimum atomic E-state index is 0.357. The van der Waals surface area contributed by atoms with E-state index >= 15 is 0 Å². The first-order valence-electron chi connectivity index (χ1n) is 5.79. The van der Waals surface area contributed by atoms with Crippen LogP contribution in [0.3, 0.4) is 0 Å². The second-order valence-electron chi connectivity index (χ2n) is 4.19. The molecule has 0 aromatic heterocycles. The summed E-state index contributed by atoms with van der Waals surface area (Å²) in [5, 5.41) is 3.43. The van der Waals surface area contributed by atoms with Crippen LogP contribution in [0.1, 0.15) is 40.0 Å². The van der Waals surface area contributed by atoms with Crippen molar-refractivity contribution in [3.63, 3.8) is 0 Å². The molecule has 1 saturated heterocycles. The predicted octanol–water partition coefficient (Wildman–Crippen LogP) is 2.50. The van der Waals surface area contributed by atoms with Gasteiger partial charge in [0.25, 0.3) is 0 Å². The molecule has 1 rings (SSSR count). The second-order valence-corrected chi connectivity index (χ2v) is 4.19. The third-order valence-corrected chi connectivity index (χ3v) is 2.60. The lowest BCUT2D eigenvalue weighted by molar-refractivity contribution is 0.0831. The van der Waals surface area contributed by atoms with Crippen molar-refractivity contribution >= 4 is 0 Å². The van der Waals surface area contributed by atoms with Crippen molar-refractivity contribution in [1.29, 1.82) is 0 Å². The molecule has 2 heteroatoms. The Hall–Kier alpha value is -0.340. The van der Waals surface area contributed by atoms with Gasteiger partial charge in [-0.05, 0) is 39.7 Å². The Morgan fingerprint density at radius 2 is 2.29 bits per heavy atom. The lowest BCUT2D eigenvalue weighted by Gasteiger charge is -2.10. The summed E-state index contributed by atoms with van der Waals surface area (Å²) in [6.07, 6.45) is 8.80. The van der Waals surface area contributed by atoms with E-state index in [-0.39, 0.29) is 0 Å². The van der Waals surface area contributed by atoms with Crippen LogP contribution in [0.4, 0.5) is 0 Å². The van der Waals surface area contributed by atoms with Crippen molar-refractivity contribution in [2.45, 2.75) is 58.3 Å². The molecule has 1 fully saturated rings. The molecule has 82 valence electrons. The lowest BCUT2D eigenvalue weighted by Crippen LogP contribution is -2.24. The third-order valence-electron chi connectivity index (χ3n) is 2.60. The molecule has 14 heavy (non-hydrogen) atoms. The van der Waals surface area contributed by atoms with Gasteiger partial charge < -0.3 is 10.1 Å². The van der Waals surface area contributed by atoms with Gasteiger partial charge in [0.2, 0.25) is 0 Å². The van der Waals surface area contributed by atoms with Gasteiger partial charge in [0.05, 0.1) is 12.2 Å². The van der Waals surface area contributed by atoms with E-state index in [0.29, 0.717) is 18.2 Å². The Labute approximate surface area is 87.7 Å². The maximum Gasteiger partial charge on any atom is 0.0760 e. The molecule has 1 aliphatic rings. The minimum absolute atomic E-state index is 0.357. The molecular weight excluding hydrogens is 174 g/mol. The Morgan fingerprint density at radius 1 is 1.50 bits per heavy atom. The summed E-state index contributed by atoms with van der Waals surface area (Å²) in [6, 6.07) is 0.467. The van der Waals surface area contributed by atoms with Crippen LogP contribution in [0, 0.1) is 0 Å². The zero-order valence-corrected chi connectivity index (χ0v) is 9.62. The van der Waals surface area contributed by atoms with Crippen LogP contribution in [-0.2, 0) is 4.74 Å². The summed E-state index contributed by atoms with van der Waals surface area (Å²) >= 11 is 0. The first kappa shape index (κ1) is 11.7. The Bertz CT molecular complexity index is 179. The van der Waals surface area contributed by atoms with E-state index in [0.717, 1.165) is 6.54 Å². The molecule has 0 aliphatic carbocycles. The maximum atomic E-state index is 5.70. The van der Waals surface area contributed by atoms with Crippen molar-refractivity contribution in [3.05, 3.63) is 12.2 Å². The van der Waals surface area contributed by atoms with Gasteiger partial charge in [-0.1, -0.05) is 19.1 Å². The number of hydrogen-bond acceptors (Lipinski definition) is 2. The molecule has 0 bridgehead atoms. The van der Waals surface area contributed by atoms with Gasteiger partial charge in [0, 0.05) is 6.04 Å². The fraction of sp³-hybridized carbons (Fsp3) is 0.833. The van der Waals surface area contributed by atoms with Gasteiger partial charge in [-0.25, -0.2) is 0 Å². The van der Waals surface area contributed by atoms with Crippen LogP contribution >= 0.6 is 0 Å². The van der Waals surface area contributed by atoms with E-state index in [1.807, 2.05) is 0 Å². The average Bonchev–Trinajstić information content (AvgIpc) is 2.58. The Kier molecular flexibility index (Phi) is 5.20. The summed E-state index contributed by atoms with van der Waals surface area (Å²) in [5.74, 6) is 0. The molecule has 3 atom stereocenters. The van der Waals surface area contributed by atoms with Crippen LogP contribution < -0.4 is 5.32 Å². The molecule has 1 aliphatic heterocycles. The smallest absolute Gasteiger partial charge is 0.0760 e. The molecule has 1 N–H and O–H groups in total. The highest BCUT2D eigenvalue weighted by atomic mass is 16.5. The van der Waals surface area contributed by atoms with Crippen LogP contribution in [0.2, 0.25) is 0 Å². The van der Waals surface area contributed by atoms with Crippen LogP contribution in [-0.4, -0.2) is 24.8 Å². The van der Waals surface area contributed by atoms with Crippen LogP contribution in [0.25, 0.3) is 0 Å². The van der Waals surface area contributed by atoms with E-state index in [9.17, 15) is 0 Å². The summed E-state index contributed by atoms with van der Waals surface area (Å²) in [6.45, 7) is 7.61. The normalized spacial score (nSPS) is 29.9. The molecule has 0 saturated carbocycles. The van der Waals surface area contributed by atoms with Crippen molar-refractivity contribution in [2.24, 2.45) is 0 Å². The van der Waals surface area contributed by atoms with Crippen molar-refractivity contribution in [2.75, 3.05) is 6.54 Å². The van der Waals surface area contributed by atoms with Gasteiger partial charge in [-0.2, -0.15) is 0 Å². The average molecular weight is 197 g/mol. The van der Waals surface area contributed by atoms with Crippen molar-refractivity contribution in [3.8, 4) is 0 Å². The molecule has 0 radical (unpaired) electrons. The highest BCUT2D eigenvalue weighted by molar-refractivity contribution is 4.97. The summed E-state index contributed by atoms with van der Waals surface area (Å²) in [4.78, 5) is 0. The zero-order chi connectivity index (χ0) is 10.4. The summed E-state index contributed by atoms with van der Waals surface area (Å²) < 4.78 is 5.70. The topological polar surface area (TPSA) is 21.3 Å². The number of ether oxygens (including phenoxy) is 1. The summed E-state index contributed by atoms with van der Waals surface area (Å²) in [5.41, 5.74) is 0. The van der Waals surface area contributed by atoms with E-state index in [1.54, 1.807) is 0 Å². The van der Waals surface area contributed by atoms with Crippen LogP contribution in [0.5, 0.6) is 0 Å². The molecule has 0 aromatic carbocycles. The van der Waals surface area contributed by atoms with Crippen molar-refractivity contribution < 1.29 is 4.74 Å². The quantitative estimate of drug-likeness (QED) is 0.684. The lowest BCUT2D eigenvalue weighted by atomic mass is 10.2. The monoisotopic (exact) mass is 197 g/mol. The highest BCUT2D eigenvalue weighted by Gasteiger charge is 2.18.